The Balaban J connectivity index is 1.18. The summed E-state index contributed by atoms with van der Waals surface area (Å²) >= 11 is 0. The van der Waals surface area contributed by atoms with Crippen LogP contribution < -0.4 is 5.73 Å². The first kappa shape index (κ1) is 22.0. The van der Waals surface area contributed by atoms with Crippen molar-refractivity contribution < 1.29 is 0 Å². The number of fused-ring (bicyclic) bond motifs is 3. The number of hydrogen-bond donors (Lipinski definition) is 1. The molecule has 0 bridgehead atoms. The number of benzene rings is 5. The second-order valence-corrected chi connectivity index (χ2v) is 10.9. The van der Waals surface area contributed by atoms with E-state index in [2.05, 4.69) is 135 Å². The van der Waals surface area contributed by atoms with Gasteiger partial charge < -0.3 is 5.73 Å². The molecule has 5 aromatic carbocycles. The second kappa shape index (κ2) is 7.90. The maximum absolute atomic E-state index is 6.74. The van der Waals surface area contributed by atoms with Crippen LogP contribution in [0.1, 0.15) is 36.1 Å². The Morgan fingerprint density at radius 1 is 0.486 bits per heavy atom. The fourth-order valence-electron chi connectivity index (χ4n) is 6.07. The van der Waals surface area contributed by atoms with Crippen LogP contribution in [0.5, 0.6) is 0 Å². The van der Waals surface area contributed by atoms with E-state index in [1.807, 2.05) is 6.07 Å². The van der Waals surface area contributed by atoms with Crippen LogP contribution in [0.15, 0.2) is 127 Å². The number of hydrogen-bond acceptors (Lipinski definition) is 1. The van der Waals surface area contributed by atoms with Crippen molar-refractivity contribution in [1.29, 1.82) is 0 Å². The van der Waals surface area contributed by atoms with E-state index in [1.54, 1.807) is 0 Å². The molecule has 0 radical (unpaired) electrons. The summed E-state index contributed by atoms with van der Waals surface area (Å²) in [5, 5.41) is 0. The van der Waals surface area contributed by atoms with E-state index in [-0.39, 0.29) is 5.41 Å². The van der Waals surface area contributed by atoms with Crippen LogP contribution in [-0.4, -0.2) is 0 Å². The Labute approximate surface area is 218 Å². The molecule has 37 heavy (non-hydrogen) atoms. The first-order valence-electron chi connectivity index (χ1n) is 13.0. The highest BCUT2D eigenvalue weighted by molar-refractivity contribution is 5.90. The minimum absolute atomic E-state index is 0.00298. The van der Waals surface area contributed by atoms with Gasteiger partial charge in [0.2, 0.25) is 0 Å². The first-order valence-corrected chi connectivity index (χ1v) is 13.0. The molecule has 7 rings (SSSR count). The van der Waals surface area contributed by atoms with Gasteiger partial charge in [-0.2, -0.15) is 0 Å². The summed E-state index contributed by atoms with van der Waals surface area (Å²) in [5.41, 5.74) is 20.2. The lowest BCUT2D eigenvalue weighted by molar-refractivity contribution is 0.660. The van der Waals surface area contributed by atoms with E-state index < -0.39 is 5.54 Å². The first-order chi connectivity index (χ1) is 17.9. The molecule has 5 aromatic rings. The lowest BCUT2D eigenvalue weighted by atomic mass is 9.81. The standard InChI is InChI=1S/C36H29N/c1-35(2)32-14-7-6-13-30(32)31-20-17-28(22-33(31)35)27-12-8-11-26(21-27)24-15-18-29(19-16-24)36(37)23-34(36)25-9-4-3-5-10-25/h3-23H,37H2,1-2H3. The maximum Gasteiger partial charge on any atom is 0.0863 e. The van der Waals surface area contributed by atoms with Crippen molar-refractivity contribution in [3.63, 3.8) is 0 Å². The zero-order valence-electron chi connectivity index (χ0n) is 21.2. The third kappa shape index (κ3) is 3.43. The highest BCUT2D eigenvalue weighted by Gasteiger charge is 2.42. The molecule has 0 aromatic heterocycles. The summed E-state index contributed by atoms with van der Waals surface area (Å²) in [7, 11) is 0. The predicted octanol–water partition coefficient (Wildman–Crippen LogP) is 8.58. The van der Waals surface area contributed by atoms with Gasteiger partial charge in [0.15, 0.2) is 0 Å². The van der Waals surface area contributed by atoms with Gasteiger partial charge in [-0.3, -0.25) is 0 Å². The molecule has 0 fully saturated rings. The highest BCUT2D eigenvalue weighted by atomic mass is 14.8. The quantitative estimate of drug-likeness (QED) is 0.277. The molecule has 1 unspecified atom stereocenters. The van der Waals surface area contributed by atoms with Gasteiger partial charge in [-0.25, -0.2) is 0 Å². The SMILES string of the molecule is CC1(C)c2ccccc2-c2ccc(-c3cccc(-c4ccc(C5(N)C=C5c5ccccc5)cc4)c3)cc21. The normalized spacial score (nSPS) is 18.6. The van der Waals surface area contributed by atoms with Crippen molar-refractivity contribution in [2.24, 2.45) is 5.73 Å². The van der Waals surface area contributed by atoms with Crippen LogP contribution >= 0.6 is 0 Å². The van der Waals surface area contributed by atoms with Crippen molar-refractivity contribution in [3.8, 4) is 33.4 Å². The fourth-order valence-corrected chi connectivity index (χ4v) is 6.07. The van der Waals surface area contributed by atoms with Crippen LogP contribution in [0.2, 0.25) is 0 Å². The van der Waals surface area contributed by atoms with Gasteiger partial charge in [0.25, 0.3) is 0 Å². The molecule has 0 spiro atoms. The van der Waals surface area contributed by atoms with Crippen molar-refractivity contribution in [1.82, 2.24) is 0 Å². The largest absolute Gasteiger partial charge is 0.314 e. The van der Waals surface area contributed by atoms with Crippen molar-refractivity contribution in [2.45, 2.75) is 24.8 Å². The molecular formula is C36H29N. The number of nitrogens with two attached hydrogens (primary N) is 1. The van der Waals surface area contributed by atoms with E-state index in [4.69, 9.17) is 5.73 Å². The van der Waals surface area contributed by atoms with Crippen molar-refractivity contribution >= 4 is 5.57 Å². The average molecular weight is 476 g/mol. The molecule has 0 aliphatic heterocycles. The van der Waals surface area contributed by atoms with Gasteiger partial charge in [-0.05, 0) is 79.4 Å². The van der Waals surface area contributed by atoms with E-state index in [1.165, 1.54) is 55.6 Å². The van der Waals surface area contributed by atoms with E-state index in [0.29, 0.717) is 0 Å². The summed E-state index contributed by atoms with van der Waals surface area (Å²) in [6.07, 6.45) is 2.16. The molecule has 1 heteroatoms. The molecule has 2 N–H and O–H groups in total. The van der Waals surface area contributed by atoms with Gasteiger partial charge >= 0.3 is 0 Å². The predicted molar refractivity (Wildman–Crippen MR) is 155 cm³/mol. The summed E-state index contributed by atoms with van der Waals surface area (Å²) in [4.78, 5) is 0. The molecule has 0 amide bonds. The van der Waals surface area contributed by atoms with E-state index >= 15 is 0 Å². The van der Waals surface area contributed by atoms with Crippen molar-refractivity contribution in [3.05, 3.63) is 150 Å². The van der Waals surface area contributed by atoms with Crippen LogP contribution in [0, 0.1) is 0 Å². The summed E-state index contributed by atoms with van der Waals surface area (Å²) in [6.45, 7) is 4.67. The lowest BCUT2D eigenvalue weighted by Gasteiger charge is -2.22. The minimum atomic E-state index is -0.462. The van der Waals surface area contributed by atoms with Crippen LogP contribution in [0.25, 0.3) is 39.0 Å². The summed E-state index contributed by atoms with van der Waals surface area (Å²) in [5.74, 6) is 0. The molecule has 0 saturated carbocycles. The molecule has 0 saturated heterocycles. The topological polar surface area (TPSA) is 26.0 Å². The Hall–Kier alpha value is -4.20. The van der Waals surface area contributed by atoms with Gasteiger partial charge in [0.1, 0.15) is 0 Å². The van der Waals surface area contributed by atoms with Crippen LogP contribution in [0.4, 0.5) is 0 Å². The Morgan fingerprint density at radius 3 is 1.86 bits per heavy atom. The van der Waals surface area contributed by atoms with Gasteiger partial charge in [0, 0.05) is 5.41 Å². The molecule has 1 atom stereocenters. The smallest absolute Gasteiger partial charge is 0.0863 e. The Bertz CT molecular complexity index is 1690. The number of rotatable bonds is 4. The molecular weight excluding hydrogens is 446 g/mol. The molecule has 0 heterocycles. The lowest BCUT2D eigenvalue weighted by Crippen LogP contribution is -2.23. The zero-order valence-corrected chi connectivity index (χ0v) is 21.2. The monoisotopic (exact) mass is 475 g/mol. The van der Waals surface area contributed by atoms with E-state index in [0.717, 1.165) is 5.56 Å². The third-order valence-electron chi connectivity index (χ3n) is 8.29. The minimum Gasteiger partial charge on any atom is -0.314 e. The Morgan fingerprint density at radius 2 is 1.08 bits per heavy atom. The van der Waals surface area contributed by atoms with Gasteiger partial charge in [0.05, 0.1) is 5.54 Å². The zero-order chi connectivity index (χ0) is 25.2. The average Bonchev–Trinajstić information content (AvgIpc) is 3.60. The van der Waals surface area contributed by atoms with Crippen LogP contribution in [0.3, 0.4) is 0 Å². The summed E-state index contributed by atoms with van der Waals surface area (Å²) in [6, 6.07) is 43.8. The molecule has 2 aliphatic rings. The third-order valence-corrected chi connectivity index (χ3v) is 8.29. The Kier molecular flexibility index (Phi) is 4.70. The fraction of sp³-hybridized carbons (Fsp3) is 0.111. The molecule has 2 aliphatic carbocycles. The highest BCUT2D eigenvalue weighted by Crippen LogP contribution is 2.50. The van der Waals surface area contributed by atoms with Crippen molar-refractivity contribution in [2.75, 3.05) is 0 Å². The van der Waals surface area contributed by atoms with Gasteiger partial charge in [-0.1, -0.05) is 123 Å². The van der Waals surface area contributed by atoms with Gasteiger partial charge in [-0.15, -0.1) is 0 Å². The van der Waals surface area contributed by atoms with Crippen LogP contribution in [-0.2, 0) is 11.0 Å². The molecule has 1 nitrogen and oxygen atoms in total. The molecule has 178 valence electrons. The summed E-state index contributed by atoms with van der Waals surface area (Å²) < 4.78 is 0. The maximum atomic E-state index is 6.74. The van der Waals surface area contributed by atoms with E-state index in [9.17, 15) is 0 Å². The second-order valence-electron chi connectivity index (χ2n) is 10.9.